The van der Waals surface area contributed by atoms with Crippen LogP contribution in [0.25, 0.3) is 0 Å². The number of carbonyl (C=O) groups is 2. The van der Waals surface area contributed by atoms with Gasteiger partial charge in [-0.05, 0) is 17.5 Å². The molecule has 7 nitrogen and oxygen atoms in total. The topological polar surface area (TPSA) is 80.1 Å². The quantitative estimate of drug-likeness (QED) is 0.932. The molecule has 2 amide bonds. The predicted molar refractivity (Wildman–Crippen MR) is 89.2 cm³/mol. The van der Waals surface area contributed by atoms with Crippen LogP contribution < -0.4 is 5.32 Å². The highest BCUT2D eigenvalue weighted by molar-refractivity contribution is 6.02. The van der Waals surface area contributed by atoms with Crippen LogP contribution in [0.5, 0.6) is 0 Å². The van der Waals surface area contributed by atoms with Crippen LogP contribution in [0.1, 0.15) is 36.3 Å². The number of aromatic nitrogens is 3. The van der Waals surface area contributed by atoms with E-state index in [1.165, 1.54) is 10.9 Å². The van der Waals surface area contributed by atoms with Crippen LogP contribution in [-0.2, 0) is 18.4 Å². The molecule has 1 aliphatic rings. The van der Waals surface area contributed by atoms with Crippen LogP contribution in [0.3, 0.4) is 0 Å². The molecular formula is C17H21N5O2. The number of anilines is 1. The molecule has 0 saturated carbocycles. The van der Waals surface area contributed by atoms with Gasteiger partial charge in [-0.2, -0.15) is 0 Å². The Kier molecular flexibility index (Phi) is 4.33. The first-order chi connectivity index (χ1) is 11.5. The zero-order valence-corrected chi connectivity index (χ0v) is 14.1. The van der Waals surface area contributed by atoms with Crippen molar-refractivity contribution in [3.63, 3.8) is 0 Å². The Balaban J connectivity index is 2.05. The van der Waals surface area contributed by atoms with Crippen molar-refractivity contribution in [2.75, 3.05) is 5.32 Å². The largest absolute Gasteiger partial charge is 0.324 e. The predicted octanol–water partition coefficient (Wildman–Crippen LogP) is 1.82. The van der Waals surface area contributed by atoms with E-state index in [0.29, 0.717) is 12.2 Å². The third-order valence-electron chi connectivity index (χ3n) is 4.60. The third-order valence-corrected chi connectivity index (χ3v) is 4.60. The number of hydrogen-bond donors (Lipinski definition) is 1. The number of nitrogens with zero attached hydrogens (tertiary/aromatic N) is 4. The van der Waals surface area contributed by atoms with E-state index < -0.39 is 6.04 Å². The van der Waals surface area contributed by atoms with Gasteiger partial charge in [0, 0.05) is 19.3 Å². The number of nitrogens with one attached hydrogen (secondary N) is 1. The maximum atomic E-state index is 13.1. The summed E-state index contributed by atoms with van der Waals surface area (Å²) in [5.41, 5.74) is 2.05. The van der Waals surface area contributed by atoms with Gasteiger partial charge in [-0.15, -0.1) is 5.10 Å². The molecule has 0 fully saturated rings. The lowest BCUT2D eigenvalue weighted by Gasteiger charge is -2.32. The van der Waals surface area contributed by atoms with Gasteiger partial charge in [-0.25, -0.2) is 4.68 Å². The molecule has 1 aromatic carbocycles. The zero-order chi connectivity index (χ0) is 17.3. The number of fused-ring (bicyclic) bond motifs is 1. The summed E-state index contributed by atoms with van der Waals surface area (Å²) in [5, 5.41) is 10.6. The summed E-state index contributed by atoms with van der Waals surface area (Å²) < 4.78 is 1.44. The van der Waals surface area contributed by atoms with Crippen molar-refractivity contribution in [1.29, 1.82) is 0 Å². The Bertz CT molecular complexity index is 770. The van der Waals surface area contributed by atoms with Gasteiger partial charge in [0.2, 0.25) is 5.91 Å². The number of aryl methyl sites for hydroxylation is 1. The summed E-state index contributed by atoms with van der Waals surface area (Å²) in [6.45, 7) is 4.38. The van der Waals surface area contributed by atoms with E-state index in [0.717, 1.165) is 17.7 Å². The van der Waals surface area contributed by atoms with E-state index in [-0.39, 0.29) is 17.7 Å². The molecule has 1 aliphatic heterocycles. The van der Waals surface area contributed by atoms with Crippen molar-refractivity contribution >= 4 is 17.5 Å². The van der Waals surface area contributed by atoms with Gasteiger partial charge in [0.05, 0.1) is 6.20 Å². The Morgan fingerprint density at radius 1 is 1.42 bits per heavy atom. The van der Waals surface area contributed by atoms with E-state index in [1.54, 1.807) is 11.9 Å². The maximum absolute atomic E-state index is 13.1. The first-order valence-corrected chi connectivity index (χ1v) is 8.07. The van der Waals surface area contributed by atoms with Crippen molar-refractivity contribution in [2.45, 2.75) is 32.9 Å². The molecule has 0 aliphatic carbocycles. The number of para-hydroxylation sites is 1. The van der Waals surface area contributed by atoms with Gasteiger partial charge in [-0.3, -0.25) is 9.59 Å². The fourth-order valence-electron chi connectivity index (χ4n) is 3.03. The molecule has 0 radical (unpaired) electrons. The van der Waals surface area contributed by atoms with Gasteiger partial charge < -0.3 is 10.2 Å². The van der Waals surface area contributed by atoms with E-state index in [4.69, 9.17) is 0 Å². The SMILES string of the molecule is CCC(C)C1C(=O)Nc2ccccc2CN1C(=O)c1cnnn1C. The molecular weight excluding hydrogens is 306 g/mol. The van der Waals surface area contributed by atoms with Crippen LogP contribution in [-0.4, -0.2) is 37.7 Å². The molecule has 1 aromatic heterocycles. The fourth-order valence-corrected chi connectivity index (χ4v) is 3.03. The van der Waals surface area contributed by atoms with Crippen molar-refractivity contribution < 1.29 is 9.59 Å². The second kappa shape index (κ2) is 6.43. The lowest BCUT2D eigenvalue weighted by molar-refractivity contribution is -0.122. The van der Waals surface area contributed by atoms with E-state index in [1.807, 2.05) is 38.1 Å². The summed E-state index contributed by atoms with van der Waals surface area (Å²) in [6.07, 6.45) is 2.23. The zero-order valence-electron chi connectivity index (χ0n) is 14.1. The van der Waals surface area contributed by atoms with Crippen molar-refractivity contribution in [2.24, 2.45) is 13.0 Å². The number of amides is 2. The lowest BCUT2D eigenvalue weighted by Crippen LogP contribution is -2.49. The van der Waals surface area contributed by atoms with Crippen LogP contribution in [0.15, 0.2) is 30.5 Å². The van der Waals surface area contributed by atoms with E-state index >= 15 is 0 Å². The Labute approximate surface area is 140 Å². The number of hydrogen-bond acceptors (Lipinski definition) is 4. The standard InChI is InChI=1S/C17H21N5O2/c1-4-11(2)15-16(23)19-13-8-6-5-7-12(13)10-22(15)17(24)14-9-18-20-21(14)3/h5-9,11,15H,4,10H2,1-3H3,(H,19,23). The second-order valence-electron chi connectivity index (χ2n) is 6.15. The molecule has 24 heavy (non-hydrogen) atoms. The summed E-state index contributed by atoms with van der Waals surface area (Å²) in [7, 11) is 1.67. The molecule has 2 heterocycles. The first-order valence-electron chi connectivity index (χ1n) is 8.07. The highest BCUT2D eigenvalue weighted by Crippen LogP contribution is 2.28. The summed E-state index contributed by atoms with van der Waals surface area (Å²) in [6, 6.07) is 7.03. The van der Waals surface area contributed by atoms with Crippen LogP contribution in [0.4, 0.5) is 5.69 Å². The average molecular weight is 327 g/mol. The fraction of sp³-hybridized carbons (Fsp3) is 0.412. The molecule has 0 bridgehead atoms. The van der Waals surface area contributed by atoms with E-state index in [9.17, 15) is 9.59 Å². The summed E-state index contributed by atoms with van der Waals surface area (Å²) >= 11 is 0. The molecule has 2 aromatic rings. The van der Waals surface area contributed by atoms with Gasteiger partial charge in [0.15, 0.2) is 0 Å². The monoisotopic (exact) mass is 327 g/mol. The molecule has 1 N–H and O–H groups in total. The maximum Gasteiger partial charge on any atom is 0.274 e. The summed E-state index contributed by atoms with van der Waals surface area (Å²) in [5.74, 6) is -0.359. The van der Waals surface area contributed by atoms with Crippen molar-refractivity contribution in [1.82, 2.24) is 19.9 Å². The molecule has 3 rings (SSSR count). The lowest BCUT2D eigenvalue weighted by atomic mass is 9.96. The molecule has 2 atom stereocenters. The Hall–Kier alpha value is -2.70. The number of rotatable bonds is 3. The molecule has 7 heteroatoms. The molecule has 126 valence electrons. The van der Waals surface area contributed by atoms with Gasteiger partial charge >= 0.3 is 0 Å². The first kappa shape index (κ1) is 16.2. The van der Waals surface area contributed by atoms with Crippen molar-refractivity contribution in [3.05, 3.63) is 41.7 Å². The van der Waals surface area contributed by atoms with Gasteiger partial charge in [0.25, 0.3) is 5.91 Å². The molecule has 0 saturated heterocycles. The van der Waals surface area contributed by atoms with E-state index in [2.05, 4.69) is 15.6 Å². The average Bonchev–Trinajstić information content (AvgIpc) is 2.94. The van der Waals surface area contributed by atoms with Crippen molar-refractivity contribution in [3.8, 4) is 0 Å². The second-order valence-corrected chi connectivity index (χ2v) is 6.15. The summed E-state index contributed by atoms with van der Waals surface area (Å²) in [4.78, 5) is 27.5. The Morgan fingerprint density at radius 3 is 2.83 bits per heavy atom. The Morgan fingerprint density at radius 2 is 2.17 bits per heavy atom. The minimum atomic E-state index is -0.537. The minimum Gasteiger partial charge on any atom is -0.324 e. The third kappa shape index (κ3) is 2.77. The van der Waals surface area contributed by atoms with Gasteiger partial charge in [0.1, 0.15) is 11.7 Å². The molecule has 0 spiro atoms. The van der Waals surface area contributed by atoms with Crippen LogP contribution in [0, 0.1) is 5.92 Å². The molecule has 2 unspecified atom stereocenters. The van der Waals surface area contributed by atoms with Crippen LogP contribution >= 0.6 is 0 Å². The smallest absolute Gasteiger partial charge is 0.274 e. The highest BCUT2D eigenvalue weighted by atomic mass is 16.2. The number of benzene rings is 1. The normalized spacial score (nSPS) is 18.5. The number of carbonyl (C=O) groups excluding carboxylic acids is 2. The minimum absolute atomic E-state index is 0.0319. The highest BCUT2D eigenvalue weighted by Gasteiger charge is 2.37. The van der Waals surface area contributed by atoms with Crippen LogP contribution in [0.2, 0.25) is 0 Å². The van der Waals surface area contributed by atoms with Gasteiger partial charge in [-0.1, -0.05) is 43.7 Å².